The number of hydrogen-bond donors (Lipinski definition) is 0. The second kappa shape index (κ2) is 6.92. The fourth-order valence-corrected chi connectivity index (χ4v) is 3.04. The second-order valence-electron chi connectivity index (χ2n) is 5.35. The highest BCUT2D eigenvalue weighted by molar-refractivity contribution is 8.00. The summed E-state index contributed by atoms with van der Waals surface area (Å²) in [6, 6.07) is 10.5. The maximum absolute atomic E-state index is 12.9. The van der Waals surface area contributed by atoms with Crippen molar-refractivity contribution < 1.29 is 9.18 Å². The van der Waals surface area contributed by atoms with Gasteiger partial charge in [0.25, 0.3) is 0 Å². The third kappa shape index (κ3) is 4.07. The number of aromatic nitrogens is 1. The quantitative estimate of drug-likeness (QED) is 0.765. The van der Waals surface area contributed by atoms with Gasteiger partial charge in [-0.15, -0.1) is 11.8 Å². The minimum atomic E-state index is -0.257. The van der Waals surface area contributed by atoms with Crippen LogP contribution in [0.25, 0.3) is 0 Å². The first-order chi connectivity index (χ1) is 10.7. The minimum absolute atomic E-state index is 0.133. The summed E-state index contributed by atoms with van der Waals surface area (Å²) in [6.07, 6.45) is 5.66. The highest BCUT2D eigenvalue weighted by Crippen LogP contribution is 2.29. The number of amides is 1. The maximum atomic E-state index is 12.9. The molecule has 1 aliphatic carbocycles. The van der Waals surface area contributed by atoms with Gasteiger partial charge in [0.1, 0.15) is 5.82 Å². The van der Waals surface area contributed by atoms with Gasteiger partial charge in [-0.1, -0.05) is 0 Å². The standard InChI is InChI=1S/C17H17FN2OS/c18-14-1-5-16(6-2-14)22-12-17(21)20(15-3-4-15)11-13-7-9-19-10-8-13/h1-2,5-10,15H,3-4,11-12H2. The van der Waals surface area contributed by atoms with Crippen LogP contribution in [-0.2, 0) is 11.3 Å². The highest BCUT2D eigenvalue weighted by Gasteiger charge is 2.32. The molecule has 114 valence electrons. The van der Waals surface area contributed by atoms with E-state index in [1.165, 1.54) is 23.9 Å². The zero-order valence-corrected chi connectivity index (χ0v) is 12.9. The summed E-state index contributed by atoms with van der Waals surface area (Å²) in [4.78, 5) is 19.3. The molecule has 0 radical (unpaired) electrons. The summed E-state index contributed by atoms with van der Waals surface area (Å²) in [7, 11) is 0. The molecular formula is C17H17FN2OS. The number of pyridine rings is 1. The summed E-state index contributed by atoms with van der Waals surface area (Å²) in [6.45, 7) is 0.635. The van der Waals surface area contributed by atoms with E-state index in [0.29, 0.717) is 18.3 Å². The molecular weight excluding hydrogens is 299 g/mol. The van der Waals surface area contributed by atoms with Crippen LogP contribution in [0.5, 0.6) is 0 Å². The fraction of sp³-hybridized carbons (Fsp3) is 0.294. The van der Waals surface area contributed by atoms with Crippen LogP contribution in [0.3, 0.4) is 0 Å². The van der Waals surface area contributed by atoms with Crippen molar-refractivity contribution in [2.45, 2.75) is 30.3 Å². The summed E-state index contributed by atoms with van der Waals surface area (Å²) in [5, 5.41) is 0. The van der Waals surface area contributed by atoms with E-state index >= 15 is 0 Å². The van der Waals surface area contributed by atoms with Crippen LogP contribution >= 0.6 is 11.8 Å². The molecule has 0 atom stereocenters. The van der Waals surface area contributed by atoms with Crippen LogP contribution in [0, 0.1) is 5.82 Å². The first-order valence-corrected chi connectivity index (χ1v) is 8.27. The zero-order valence-electron chi connectivity index (χ0n) is 12.1. The molecule has 0 spiro atoms. The molecule has 1 aliphatic rings. The predicted octanol–water partition coefficient (Wildman–Crippen LogP) is 3.50. The molecule has 0 N–H and O–H groups in total. The van der Waals surface area contributed by atoms with E-state index < -0.39 is 0 Å². The Hall–Kier alpha value is -1.88. The fourth-order valence-electron chi connectivity index (χ4n) is 2.25. The van der Waals surface area contributed by atoms with Crippen molar-refractivity contribution in [1.29, 1.82) is 0 Å². The normalized spacial score (nSPS) is 13.9. The van der Waals surface area contributed by atoms with E-state index in [9.17, 15) is 9.18 Å². The van der Waals surface area contributed by atoms with Gasteiger partial charge in [-0.2, -0.15) is 0 Å². The largest absolute Gasteiger partial charge is 0.335 e. The van der Waals surface area contributed by atoms with E-state index in [1.54, 1.807) is 24.5 Å². The van der Waals surface area contributed by atoms with Gasteiger partial charge in [-0.25, -0.2) is 4.39 Å². The number of carbonyl (C=O) groups is 1. The molecule has 22 heavy (non-hydrogen) atoms. The molecule has 1 saturated carbocycles. The van der Waals surface area contributed by atoms with Crippen LogP contribution in [-0.4, -0.2) is 27.6 Å². The first kappa shape index (κ1) is 15.0. The van der Waals surface area contributed by atoms with Gasteiger partial charge >= 0.3 is 0 Å². The van der Waals surface area contributed by atoms with Gasteiger partial charge in [0.2, 0.25) is 5.91 Å². The number of nitrogens with zero attached hydrogens (tertiary/aromatic N) is 2. The molecule has 0 unspecified atom stereocenters. The van der Waals surface area contributed by atoms with Crippen LogP contribution < -0.4 is 0 Å². The molecule has 0 aliphatic heterocycles. The topological polar surface area (TPSA) is 33.2 Å². The molecule has 2 aromatic rings. The van der Waals surface area contributed by atoms with Crippen molar-refractivity contribution in [1.82, 2.24) is 9.88 Å². The van der Waals surface area contributed by atoms with Crippen molar-refractivity contribution >= 4 is 17.7 Å². The molecule has 3 rings (SSSR count). The molecule has 1 aromatic heterocycles. The van der Waals surface area contributed by atoms with Gasteiger partial charge in [-0.3, -0.25) is 9.78 Å². The van der Waals surface area contributed by atoms with Crippen LogP contribution in [0.1, 0.15) is 18.4 Å². The molecule has 1 aromatic carbocycles. The minimum Gasteiger partial charge on any atom is -0.335 e. The van der Waals surface area contributed by atoms with E-state index in [4.69, 9.17) is 0 Å². The van der Waals surface area contributed by atoms with Crippen molar-refractivity contribution in [3.05, 3.63) is 60.2 Å². The Bertz CT molecular complexity index is 629. The lowest BCUT2D eigenvalue weighted by atomic mass is 10.2. The van der Waals surface area contributed by atoms with E-state index in [2.05, 4.69) is 4.98 Å². The zero-order chi connectivity index (χ0) is 15.4. The highest BCUT2D eigenvalue weighted by atomic mass is 32.2. The number of rotatable bonds is 6. The monoisotopic (exact) mass is 316 g/mol. The SMILES string of the molecule is O=C(CSc1ccc(F)cc1)N(Cc1ccncc1)C1CC1. The van der Waals surface area contributed by atoms with Crippen molar-refractivity contribution in [3.63, 3.8) is 0 Å². The molecule has 1 amide bonds. The molecule has 1 heterocycles. The molecule has 0 bridgehead atoms. The molecule has 5 heteroatoms. The van der Waals surface area contributed by atoms with Gasteiger partial charge in [0, 0.05) is 29.9 Å². The molecule has 3 nitrogen and oxygen atoms in total. The number of benzene rings is 1. The average Bonchev–Trinajstić information content (AvgIpc) is 3.37. The van der Waals surface area contributed by atoms with E-state index in [-0.39, 0.29) is 11.7 Å². The van der Waals surface area contributed by atoms with Crippen molar-refractivity contribution in [2.24, 2.45) is 0 Å². The van der Waals surface area contributed by atoms with Crippen molar-refractivity contribution in [2.75, 3.05) is 5.75 Å². The maximum Gasteiger partial charge on any atom is 0.233 e. The first-order valence-electron chi connectivity index (χ1n) is 7.29. The Labute approximate surface area is 133 Å². The van der Waals surface area contributed by atoms with Crippen LogP contribution in [0.4, 0.5) is 4.39 Å². The average molecular weight is 316 g/mol. The van der Waals surface area contributed by atoms with Crippen molar-refractivity contribution in [3.8, 4) is 0 Å². The Morgan fingerprint density at radius 1 is 1.18 bits per heavy atom. The second-order valence-corrected chi connectivity index (χ2v) is 6.40. The van der Waals surface area contributed by atoms with Gasteiger partial charge in [0.15, 0.2) is 0 Å². The van der Waals surface area contributed by atoms with Gasteiger partial charge < -0.3 is 4.90 Å². The Balaban J connectivity index is 1.59. The van der Waals surface area contributed by atoms with E-state index in [1.807, 2.05) is 17.0 Å². The molecule has 1 fully saturated rings. The smallest absolute Gasteiger partial charge is 0.233 e. The summed E-state index contributed by atoms with van der Waals surface area (Å²) in [5.74, 6) is 0.259. The Morgan fingerprint density at radius 3 is 2.50 bits per heavy atom. The third-order valence-electron chi connectivity index (χ3n) is 3.59. The van der Waals surface area contributed by atoms with Crippen LogP contribution in [0.15, 0.2) is 53.7 Å². The Morgan fingerprint density at radius 2 is 1.86 bits per heavy atom. The van der Waals surface area contributed by atoms with E-state index in [0.717, 1.165) is 23.3 Å². The number of hydrogen-bond acceptors (Lipinski definition) is 3. The Kier molecular flexibility index (Phi) is 4.73. The van der Waals surface area contributed by atoms with Crippen LogP contribution in [0.2, 0.25) is 0 Å². The van der Waals surface area contributed by atoms with Gasteiger partial charge in [0.05, 0.1) is 5.75 Å². The number of carbonyl (C=O) groups excluding carboxylic acids is 1. The summed E-state index contributed by atoms with van der Waals surface area (Å²) >= 11 is 1.45. The van der Waals surface area contributed by atoms with Gasteiger partial charge in [-0.05, 0) is 54.8 Å². The predicted molar refractivity (Wildman–Crippen MR) is 84.9 cm³/mol. The molecule has 0 saturated heterocycles. The lowest BCUT2D eigenvalue weighted by Crippen LogP contribution is -2.33. The summed E-state index contributed by atoms with van der Waals surface area (Å²) < 4.78 is 12.9. The number of thioether (sulfide) groups is 1. The summed E-state index contributed by atoms with van der Waals surface area (Å²) in [5.41, 5.74) is 1.10. The lowest BCUT2D eigenvalue weighted by Gasteiger charge is -2.22. The lowest BCUT2D eigenvalue weighted by molar-refractivity contribution is -0.129. The number of halogens is 1. The third-order valence-corrected chi connectivity index (χ3v) is 4.58.